The molecule has 0 aromatic heterocycles. The van der Waals surface area contributed by atoms with E-state index in [4.69, 9.17) is 0 Å². The van der Waals surface area contributed by atoms with E-state index in [0.717, 1.165) is 9.98 Å². The van der Waals surface area contributed by atoms with Crippen LogP contribution in [0.2, 0.25) is 0 Å². The van der Waals surface area contributed by atoms with Crippen LogP contribution >= 0.6 is 0 Å². The van der Waals surface area contributed by atoms with Gasteiger partial charge in [-0.3, -0.25) is 10.1 Å². The predicted octanol–water partition coefficient (Wildman–Crippen LogP) is 4.13. The maximum Gasteiger partial charge on any atom is 0.279 e. The molecule has 0 spiro atoms. The highest BCUT2D eigenvalue weighted by molar-refractivity contribution is 7.89. The lowest BCUT2D eigenvalue weighted by Gasteiger charge is -2.23. The lowest BCUT2D eigenvalue weighted by molar-refractivity contribution is -0.384. The summed E-state index contributed by atoms with van der Waals surface area (Å²) in [4.78, 5) is 10.8. The van der Waals surface area contributed by atoms with Crippen molar-refractivity contribution in [2.24, 2.45) is 5.10 Å². The minimum absolute atomic E-state index is 0.0901. The van der Waals surface area contributed by atoms with Crippen molar-refractivity contribution in [2.45, 2.75) is 17.4 Å². The van der Waals surface area contributed by atoms with Crippen molar-refractivity contribution in [1.29, 1.82) is 0 Å². The Balaban J connectivity index is 1.82. The average Bonchev–Trinajstić information content (AvgIpc) is 3.22. The number of nitro benzene ring substituents is 1. The second-order valence-electron chi connectivity index (χ2n) is 6.58. The quantitative estimate of drug-likeness (QED) is 0.469. The lowest BCUT2D eigenvalue weighted by Crippen LogP contribution is -2.27. The Kier molecular flexibility index (Phi) is 4.85. The smallest absolute Gasteiger partial charge is 0.258 e. The molecule has 0 saturated heterocycles. The molecule has 1 heterocycles. The van der Waals surface area contributed by atoms with Crippen LogP contribution in [0.25, 0.3) is 0 Å². The van der Waals surface area contributed by atoms with Crippen LogP contribution in [0.4, 0.5) is 5.69 Å². The van der Waals surface area contributed by atoms with Gasteiger partial charge in [-0.15, -0.1) is 0 Å². The second kappa shape index (κ2) is 7.48. The van der Waals surface area contributed by atoms with Crippen molar-refractivity contribution in [3.8, 4) is 0 Å². The highest BCUT2D eigenvalue weighted by Gasteiger charge is 2.38. The van der Waals surface area contributed by atoms with E-state index < -0.39 is 21.0 Å². The molecule has 0 bridgehead atoms. The summed E-state index contributed by atoms with van der Waals surface area (Å²) in [6, 6.07) is 22.7. The summed E-state index contributed by atoms with van der Waals surface area (Å²) in [7, 11) is -3.93. The van der Waals surface area contributed by atoms with Crippen molar-refractivity contribution < 1.29 is 13.3 Å². The zero-order valence-electron chi connectivity index (χ0n) is 15.3. The van der Waals surface area contributed by atoms with Crippen LogP contribution in [0.5, 0.6) is 0 Å². The first-order valence-corrected chi connectivity index (χ1v) is 10.4. The third-order valence-electron chi connectivity index (χ3n) is 4.73. The first-order chi connectivity index (χ1) is 14.0. The molecule has 1 atom stereocenters. The molecule has 29 heavy (non-hydrogen) atoms. The highest BCUT2D eigenvalue weighted by Crippen LogP contribution is 2.38. The van der Waals surface area contributed by atoms with Crippen molar-refractivity contribution in [1.82, 2.24) is 4.41 Å². The minimum atomic E-state index is -3.93. The molecule has 3 aromatic carbocycles. The van der Waals surface area contributed by atoms with E-state index in [1.165, 1.54) is 24.3 Å². The Morgan fingerprint density at radius 1 is 0.931 bits per heavy atom. The summed E-state index contributed by atoms with van der Waals surface area (Å²) in [6.07, 6.45) is 0.317. The Bertz CT molecular complexity index is 1180. The van der Waals surface area contributed by atoms with Gasteiger partial charge in [0.2, 0.25) is 0 Å². The minimum Gasteiger partial charge on any atom is -0.258 e. The summed E-state index contributed by atoms with van der Waals surface area (Å²) in [5, 5.41) is 15.6. The van der Waals surface area contributed by atoms with E-state index in [2.05, 4.69) is 5.10 Å². The average molecular weight is 407 g/mol. The maximum absolute atomic E-state index is 13.3. The van der Waals surface area contributed by atoms with Crippen molar-refractivity contribution in [3.63, 3.8) is 0 Å². The Morgan fingerprint density at radius 3 is 2.24 bits per heavy atom. The molecule has 1 aliphatic heterocycles. The fourth-order valence-electron chi connectivity index (χ4n) is 3.31. The van der Waals surface area contributed by atoms with Gasteiger partial charge in [-0.2, -0.15) is 17.9 Å². The maximum atomic E-state index is 13.3. The number of nitrogens with zero attached hydrogens (tertiary/aromatic N) is 3. The van der Waals surface area contributed by atoms with Crippen LogP contribution in [0.3, 0.4) is 0 Å². The fraction of sp³-hybridized carbons (Fsp3) is 0.0952. The molecule has 3 aromatic rings. The van der Waals surface area contributed by atoms with Gasteiger partial charge >= 0.3 is 0 Å². The van der Waals surface area contributed by atoms with Crippen LogP contribution in [-0.4, -0.2) is 23.5 Å². The Hall–Kier alpha value is -3.52. The van der Waals surface area contributed by atoms with E-state index in [1.807, 2.05) is 30.3 Å². The third-order valence-corrected chi connectivity index (χ3v) is 6.43. The number of nitro groups is 1. The van der Waals surface area contributed by atoms with Crippen LogP contribution in [0.15, 0.2) is 94.9 Å². The number of non-ortho nitro benzene ring substituents is 1. The Morgan fingerprint density at radius 2 is 1.59 bits per heavy atom. The molecule has 0 radical (unpaired) electrons. The highest BCUT2D eigenvalue weighted by atomic mass is 32.2. The Labute approximate surface area is 168 Å². The van der Waals surface area contributed by atoms with E-state index >= 15 is 0 Å². The molecule has 0 saturated carbocycles. The normalized spacial score (nSPS) is 16.5. The van der Waals surface area contributed by atoms with Gasteiger partial charge in [0.1, 0.15) is 0 Å². The zero-order chi connectivity index (χ0) is 20.4. The molecule has 0 aliphatic carbocycles. The zero-order valence-corrected chi connectivity index (χ0v) is 16.1. The predicted molar refractivity (Wildman–Crippen MR) is 109 cm³/mol. The number of benzene rings is 3. The van der Waals surface area contributed by atoms with Crippen molar-refractivity contribution in [2.75, 3.05) is 0 Å². The number of hydrogen-bond acceptors (Lipinski definition) is 5. The molecule has 7 nitrogen and oxygen atoms in total. The van der Waals surface area contributed by atoms with Crippen molar-refractivity contribution >= 4 is 21.4 Å². The second-order valence-corrected chi connectivity index (χ2v) is 8.37. The van der Waals surface area contributed by atoms with Crippen LogP contribution in [-0.2, 0) is 10.0 Å². The molecule has 0 amide bonds. The molecular weight excluding hydrogens is 390 g/mol. The van der Waals surface area contributed by atoms with Gasteiger partial charge in [0, 0.05) is 18.6 Å². The molecule has 1 aliphatic rings. The van der Waals surface area contributed by atoms with Gasteiger partial charge in [0.15, 0.2) is 0 Å². The number of hydrogen-bond donors (Lipinski definition) is 0. The van der Waals surface area contributed by atoms with E-state index in [0.29, 0.717) is 17.7 Å². The lowest BCUT2D eigenvalue weighted by atomic mass is 9.99. The molecule has 0 fully saturated rings. The van der Waals surface area contributed by atoms with Crippen LogP contribution in [0, 0.1) is 10.1 Å². The standard InChI is InChI=1S/C21H17N3O4S/c25-24(26)18-11-7-10-17(14-18)21-15-20(16-8-3-1-4-9-16)22-23(21)29(27,28)19-12-5-2-6-13-19/h1-14,21H,15H2. The van der Waals surface area contributed by atoms with E-state index in [9.17, 15) is 18.5 Å². The van der Waals surface area contributed by atoms with Gasteiger partial charge in [-0.25, -0.2) is 0 Å². The number of sulfonamides is 1. The molecule has 1 unspecified atom stereocenters. The van der Waals surface area contributed by atoms with Gasteiger partial charge in [-0.05, 0) is 23.3 Å². The van der Waals surface area contributed by atoms with Gasteiger partial charge < -0.3 is 0 Å². The van der Waals surface area contributed by atoms with Gasteiger partial charge in [0.05, 0.1) is 21.6 Å². The van der Waals surface area contributed by atoms with E-state index in [1.54, 1.807) is 30.3 Å². The number of rotatable bonds is 5. The molecule has 8 heteroatoms. The summed E-state index contributed by atoms with van der Waals surface area (Å²) in [5.41, 5.74) is 1.86. The largest absolute Gasteiger partial charge is 0.279 e. The summed E-state index contributed by atoms with van der Waals surface area (Å²) >= 11 is 0. The third kappa shape index (κ3) is 3.62. The van der Waals surface area contributed by atoms with Gasteiger partial charge in [-0.1, -0.05) is 60.7 Å². The van der Waals surface area contributed by atoms with E-state index in [-0.39, 0.29) is 10.6 Å². The number of hydrazone groups is 1. The SMILES string of the molecule is O=[N+]([O-])c1cccc(C2CC(c3ccccc3)=NN2S(=O)(=O)c2ccccc2)c1. The summed E-state index contributed by atoms with van der Waals surface area (Å²) in [6.45, 7) is 0. The molecular formula is C21H17N3O4S. The molecule has 146 valence electrons. The van der Waals surface area contributed by atoms with Crippen LogP contribution in [0.1, 0.15) is 23.6 Å². The summed E-state index contributed by atoms with van der Waals surface area (Å²) in [5.74, 6) is 0. The first-order valence-electron chi connectivity index (χ1n) is 8.93. The fourth-order valence-corrected chi connectivity index (χ4v) is 4.76. The van der Waals surface area contributed by atoms with Crippen LogP contribution < -0.4 is 0 Å². The topological polar surface area (TPSA) is 92.9 Å². The monoisotopic (exact) mass is 407 g/mol. The van der Waals surface area contributed by atoms with Crippen molar-refractivity contribution in [3.05, 3.63) is 106 Å². The van der Waals surface area contributed by atoms with Gasteiger partial charge in [0.25, 0.3) is 15.7 Å². The molecule has 4 rings (SSSR count). The first kappa shape index (κ1) is 18.8. The summed E-state index contributed by atoms with van der Waals surface area (Å²) < 4.78 is 27.7. The molecule has 0 N–H and O–H groups in total.